The van der Waals surface area contributed by atoms with Crippen molar-refractivity contribution >= 4 is 233 Å². The summed E-state index contributed by atoms with van der Waals surface area (Å²) in [6.45, 7) is 9.13. The Bertz CT molecular complexity index is 5740. The standard InChI is InChI=1S/C20H28N4O2S.C19H25N5S.C18H25ClN4S.C18H26N4OS.C12H11ClN2O2S.C8H18N2.C2H2FO3.CN.CH4O.Al.Cl2OS.ClH.2K.Li.Na.4H/c1-4-26-20(25)14-9-10-15-16(14)17-18(21-11-22-19(17)27-15)23-12-5-7-13(8-6-12)24(2)3;1-24(2)14-6-4-13(5-7-14)23-18-17-16-12(9-10-20)3-8-15(16)25-19(17)22-11-21-18;1-23(2)13-6-4-12(5-7-13)22-17-16-15-11(9-19)3-8-14(15)24-18(16)21-10-20-17;1-22(2)13-6-4-12(5-7-13)21-17-16-15-11(9-23)3-8-14(15)24-18(16)20-10-19-17;1-2-17-12(16)6-3-4-7-8(6)9-10(13)14-5-15-11(9)18-7;1-10(2)8-5-3-7(9)4-6-8;3-1-5-6-2-4;2*1-2;;1-4(2)3;;;;;;;;;/h11-14H,4-10H2,1-3H3,(H,21,22,23);11-14H,3-9H2,1-2H3,(H,21,22,23);10-13H,3-9H2,1-2H3,(H,20,21,22);10-13,23H,3-9H2,1-2H3,(H,19,20,21);5-6H,2-4H2,1H3;7-8H,3-6,9H2,1-2H3;1-2H;;2H,1H3;;;1H;;;;;;;;/q;;;;;;2*-1;;;;;4*+1;;;;-1/i;;;;;;2D;;;;;;;;;;;;;. The molecule has 0 aliphatic heterocycles. The molecule has 10 aromatic heterocycles. The van der Waals surface area contributed by atoms with Crippen molar-refractivity contribution in [1.29, 1.82) is 10.5 Å². The second-order valence-electron chi connectivity index (χ2n) is 38.3. The fourth-order valence-corrected chi connectivity index (χ4v) is 28.3. The molecule has 0 aromatic carbocycles. The van der Waals surface area contributed by atoms with Crippen molar-refractivity contribution in [2.24, 2.45) is 5.73 Å². The molecule has 49 heteroatoms. The minimum Gasteiger partial charge on any atom is -1.00 e. The number of fused-ring (bicyclic) bond motifs is 15. The Hall–Kier alpha value is -1.64. The number of hydrogen-bond donors (Lipinski definition) is 7. The molecule has 10 aromatic rings. The molecule has 148 heavy (non-hydrogen) atoms. The van der Waals surface area contributed by atoms with Gasteiger partial charge in [-0.1, -0.05) is 11.6 Å². The first-order valence-corrected chi connectivity index (χ1v) is 57.0. The van der Waals surface area contributed by atoms with Crippen molar-refractivity contribution in [2.45, 2.75) is 303 Å². The van der Waals surface area contributed by atoms with Crippen molar-refractivity contribution in [1.82, 2.24) is 74.3 Å². The number of thiophene rings is 5. The molecule has 5 fully saturated rings. The smallest absolute Gasteiger partial charge is 1.00 e. The number of alkyl halides is 1. The summed E-state index contributed by atoms with van der Waals surface area (Å²) in [5.41, 5.74) is 12.0. The minimum atomic E-state index is -1.67. The Morgan fingerprint density at radius 3 is 1.05 bits per heavy atom. The molecular formula is C99H144AlCl5FK2LiN22NaO10S6+. The van der Waals surface area contributed by atoms with E-state index in [1.54, 1.807) is 70.7 Å². The normalized spacial score (nSPS) is 22.9. The van der Waals surface area contributed by atoms with E-state index in [2.05, 4.69) is 203 Å². The number of nitriles is 1. The Labute approximate surface area is 1050 Å². The van der Waals surface area contributed by atoms with E-state index in [4.69, 9.17) is 66.2 Å². The van der Waals surface area contributed by atoms with Gasteiger partial charge in [-0.25, -0.2) is 54.0 Å². The van der Waals surface area contributed by atoms with Gasteiger partial charge in [-0.3, -0.25) is 14.4 Å². The van der Waals surface area contributed by atoms with E-state index in [9.17, 15) is 23.9 Å². The molecule has 20 rings (SSSR count). The second-order valence-corrected chi connectivity index (χ2v) is 46.9. The van der Waals surface area contributed by atoms with Crippen LogP contribution in [0.15, 0.2) is 31.6 Å². The van der Waals surface area contributed by atoms with Gasteiger partial charge in [-0.15, -0.1) is 80.7 Å². The van der Waals surface area contributed by atoms with Crippen LogP contribution in [-0.2, 0) is 75.0 Å². The Morgan fingerprint density at radius 1 is 0.507 bits per heavy atom. The van der Waals surface area contributed by atoms with E-state index in [0.717, 1.165) is 159 Å². The number of halogens is 6. The first-order chi connectivity index (χ1) is 69.0. The summed E-state index contributed by atoms with van der Waals surface area (Å²) in [6.07, 6.45) is 41.6. The van der Waals surface area contributed by atoms with Gasteiger partial charge in [0, 0.05) is 131 Å². The van der Waals surface area contributed by atoms with Gasteiger partial charge in [0.1, 0.15) is 84.2 Å². The largest absolute Gasteiger partial charge is 1.00 e. The summed E-state index contributed by atoms with van der Waals surface area (Å²) in [7, 11) is 30.1. The third-order valence-corrected chi connectivity index (χ3v) is 35.4. The van der Waals surface area contributed by atoms with Gasteiger partial charge in [0.2, 0.25) is 9.23 Å². The van der Waals surface area contributed by atoms with Gasteiger partial charge < -0.3 is 98.6 Å². The summed E-state index contributed by atoms with van der Waals surface area (Å²) in [5.74, 6) is 4.98. The van der Waals surface area contributed by atoms with Crippen molar-refractivity contribution < 1.29 is 206 Å². The molecule has 0 spiro atoms. The molecule has 10 heterocycles. The van der Waals surface area contributed by atoms with Crippen LogP contribution in [0.5, 0.6) is 0 Å². The summed E-state index contributed by atoms with van der Waals surface area (Å²) < 4.78 is 36.1. The number of nitrogens with zero attached hydrogens (tertiary/aromatic N) is 17. The second kappa shape index (κ2) is 69.8. The number of anilines is 4. The number of nitrogens with two attached hydrogens (primary N) is 1. The fourth-order valence-electron chi connectivity index (χ4n) is 21.5. The van der Waals surface area contributed by atoms with Crippen LogP contribution >= 0.6 is 114 Å². The van der Waals surface area contributed by atoms with Gasteiger partial charge in [0.05, 0.1) is 64.7 Å². The summed E-state index contributed by atoms with van der Waals surface area (Å²) in [4.78, 5) is 108. The third kappa shape index (κ3) is 37.0. The molecule has 0 radical (unpaired) electrons. The number of esters is 2. The number of carbonyl (C=O) groups excluding carboxylic acids is 3. The number of rotatable bonds is 22. The monoisotopic (exact) mass is 2320 g/mol. The predicted octanol–water partition coefficient (Wildman–Crippen LogP) is 6.78. The molecule has 8 N–H and O–H groups in total. The molecular weight excluding hydrogens is 2180 g/mol. The maximum absolute atomic E-state index is 12.5. The third-order valence-electron chi connectivity index (χ3n) is 28.9. The zero-order valence-electron chi connectivity index (χ0n) is 90.0. The fraction of sp³-hybridized carbons (Fsp3) is 0.636. The van der Waals surface area contributed by atoms with Gasteiger partial charge in [0.15, 0.2) is 18.7 Å². The van der Waals surface area contributed by atoms with Crippen LogP contribution in [0.3, 0.4) is 0 Å². The molecule has 794 valence electrons. The molecule has 32 nitrogen and oxygen atoms in total. The number of aryl methyl sites for hydroxylation is 5. The topological polar surface area (TPSA) is 412 Å². The molecule has 0 amide bonds. The SMILES string of the molecule is CCOC(=O)C1CCc2sc3ncnc(Cl)c3c21.CCOC(=O)C1CCc2sc3ncnc(NC4CCC(N(C)C)CC4)c3c21.CN(C)C1CCC(N)CC1.CN(C)C1CCC(Nc2ncnc3sc4c(c23)C(CC#N)CC4)CC1.CN(C)C1CCC(Nc2ncnc3sc4c(c23)C(CCl)CC4)CC1.CN(C)C1CCC(Nc2ncnc3sc4c(c23)C(CO)CC4)CC1.CO.Cl.O=S(Cl)Cl.[2H]C(=O)OO[CH-]F.[AlH3].[C-]#N.[H-].[K+].[K+].[Li+].[Na+]. The van der Waals surface area contributed by atoms with Crippen LogP contribution in [-0.4, -0.2) is 288 Å². The van der Waals surface area contributed by atoms with Crippen LogP contribution in [0, 0.1) is 30.0 Å². The maximum atomic E-state index is 12.5. The Morgan fingerprint density at radius 2 is 0.770 bits per heavy atom. The van der Waals surface area contributed by atoms with Crippen LogP contribution in [0.25, 0.3) is 51.1 Å². The van der Waals surface area contributed by atoms with Gasteiger partial charge in [-0.05, 0) is 323 Å². The van der Waals surface area contributed by atoms with Crippen LogP contribution in [0.1, 0.15) is 265 Å². The van der Waals surface area contributed by atoms with Crippen molar-refractivity contribution in [3.63, 3.8) is 0 Å². The minimum absolute atomic E-state index is 0. The van der Waals surface area contributed by atoms with Crippen LogP contribution in [0.4, 0.5) is 27.7 Å². The number of ether oxygens (including phenoxy) is 2. The van der Waals surface area contributed by atoms with E-state index in [1.807, 2.05) is 25.2 Å². The molecule has 5 saturated carbocycles. The number of aromatic nitrogens is 10. The maximum Gasteiger partial charge on any atom is 1.00 e. The quantitative estimate of drug-likeness (QED) is 0.00423. The van der Waals surface area contributed by atoms with E-state index in [-0.39, 0.29) is 226 Å². The van der Waals surface area contributed by atoms with Crippen molar-refractivity contribution in [3.8, 4) is 6.07 Å². The van der Waals surface area contributed by atoms with Gasteiger partial charge in [-0.2, -0.15) is 5.26 Å². The molecule has 10 aliphatic carbocycles. The average molecular weight is 2330 g/mol. The zero-order chi connectivity index (χ0) is 103. The molecule has 0 saturated heterocycles. The van der Waals surface area contributed by atoms with Crippen molar-refractivity contribution in [2.75, 3.05) is 125 Å². The van der Waals surface area contributed by atoms with Gasteiger partial charge in [0.25, 0.3) is 0 Å². The van der Waals surface area contributed by atoms with Gasteiger partial charge >= 0.3 is 170 Å². The van der Waals surface area contributed by atoms with E-state index in [1.165, 1.54) is 186 Å². The Kier molecular flexibility index (Phi) is 63.6. The zero-order valence-corrected chi connectivity index (χ0v) is 105. The van der Waals surface area contributed by atoms with E-state index in [0.29, 0.717) is 90.8 Å². The number of carbonyl (C=O) groups is 3. The van der Waals surface area contributed by atoms with Crippen molar-refractivity contribution in [3.05, 3.63) is 102 Å². The van der Waals surface area contributed by atoms with E-state index < -0.39 is 15.7 Å². The molecule has 10 aliphatic rings. The first-order valence-electron chi connectivity index (χ1n) is 49.7. The predicted molar refractivity (Wildman–Crippen MR) is 591 cm³/mol. The molecule has 0 bridgehead atoms. The number of aliphatic hydroxyl groups excluding tert-OH is 2. The van der Waals surface area contributed by atoms with E-state index >= 15 is 0 Å². The summed E-state index contributed by atoms with van der Waals surface area (Å²) in [6, 6.07) is 8.36. The molecule has 5 unspecified atom stereocenters. The number of aliphatic hydroxyl groups is 2. The number of hydrogen-bond acceptors (Lipinski definition) is 37. The summed E-state index contributed by atoms with van der Waals surface area (Å²) >= 11 is 21.0. The average Bonchev–Trinajstić information content (AvgIpc) is 1.64. The molecule has 5 atom stereocenters. The number of nitrogens with one attached hydrogen (secondary N) is 4. The summed E-state index contributed by atoms with van der Waals surface area (Å²) in [5, 5.41) is 52.9. The van der Waals surface area contributed by atoms with Crippen LogP contribution < -0.4 is 178 Å². The van der Waals surface area contributed by atoms with Crippen LogP contribution in [0.2, 0.25) is 5.15 Å². The Balaban J connectivity index is 0.000000366. The first kappa shape index (κ1) is 135.